The number of hydrogen-bond acceptors (Lipinski definition) is 4. The molecule has 1 atom stereocenters. The zero-order valence-electron chi connectivity index (χ0n) is 18.3. The second kappa shape index (κ2) is 9.05. The van der Waals surface area contributed by atoms with Crippen LogP contribution in [-0.2, 0) is 6.54 Å². The molecule has 0 spiro atoms. The van der Waals surface area contributed by atoms with Crippen LogP contribution in [0, 0.1) is 6.92 Å². The van der Waals surface area contributed by atoms with Crippen molar-refractivity contribution in [1.82, 2.24) is 20.1 Å². The summed E-state index contributed by atoms with van der Waals surface area (Å²) in [6.07, 6.45) is 2.66. The van der Waals surface area contributed by atoms with Gasteiger partial charge in [-0.1, -0.05) is 47.1 Å². The van der Waals surface area contributed by atoms with Crippen LogP contribution in [0.15, 0.2) is 79.1 Å². The first-order valence-corrected chi connectivity index (χ1v) is 10.9. The van der Waals surface area contributed by atoms with E-state index in [1.807, 2.05) is 72.5 Å². The van der Waals surface area contributed by atoms with Crippen LogP contribution in [0.3, 0.4) is 0 Å². The molecule has 3 heterocycles. The summed E-state index contributed by atoms with van der Waals surface area (Å²) in [6.45, 7) is 2.17. The molecule has 2 aromatic carbocycles. The van der Waals surface area contributed by atoms with E-state index in [1.165, 1.54) is 0 Å². The number of pyridine rings is 2. The average Bonchev–Trinajstić information content (AvgIpc) is 3.21. The first kappa shape index (κ1) is 21.2. The molecular formula is C26H25FN5O+. The minimum absolute atomic E-state index is 0.126. The summed E-state index contributed by atoms with van der Waals surface area (Å²) in [5.41, 5.74) is 5.98. The first-order chi connectivity index (χ1) is 16.1. The molecule has 0 saturated heterocycles. The third kappa shape index (κ3) is 4.20. The fourth-order valence-corrected chi connectivity index (χ4v) is 4.01. The third-order valence-corrected chi connectivity index (χ3v) is 5.74. The van der Waals surface area contributed by atoms with Gasteiger partial charge in [-0.2, -0.15) is 0 Å². The molecule has 5 aromatic rings. The van der Waals surface area contributed by atoms with Gasteiger partial charge in [0.25, 0.3) is 11.5 Å². The van der Waals surface area contributed by atoms with Crippen molar-refractivity contribution in [2.24, 2.45) is 0 Å². The predicted molar refractivity (Wildman–Crippen MR) is 126 cm³/mol. The van der Waals surface area contributed by atoms with Crippen LogP contribution in [0.2, 0.25) is 0 Å². The summed E-state index contributed by atoms with van der Waals surface area (Å²) in [6, 6.07) is 22.4. The molecule has 5 rings (SSSR count). The Morgan fingerprint density at radius 1 is 1.06 bits per heavy atom. The molecule has 0 saturated carbocycles. The highest BCUT2D eigenvalue weighted by atomic mass is 19.1. The minimum Gasteiger partial charge on any atom is -0.393 e. The lowest BCUT2D eigenvalue weighted by atomic mass is 10.1. The summed E-state index contributed by atoms with van der Waals surface area (Å²) in [4.78, 5) is 4.71. The molecule has 6 nitrogen and oxygen atoms in total. The van der Waals surface area contributed by atoms with Crippen LogP contribution in [0.25, 0.3) is 33.4 Å². The largest absolute Gasteiger partial charge is 0.393 e. The number of alkyl halides is 1. The number of nitrogens with one attached hydrogen (secondary N) is 1. The zero-order valence-corrected chi connectivity index (χ0v) is 18.3. The highest BCUT2D eigenvalue weighted by Crippen LogP contribution is 2.25. The number of aryl methyl sites for hydroxylation is 1. The van der Waals surface area contributed by atoms with Crippen LogP contribution < -0.4 is 9.72 Å². The Morgan fingerprint density at radius 2 is 1.85 bits per heavy atom. The minimum atomic E-state index is -1.25. The quantitative estimate of drug-likeness (QED) is 0.378. The highest BCUT2D eigenvalue weighted by Gasteiger charge is 2.21. The SMILES string of the molecule is Cc1nn(-c2ccc(CNCC(F)CO)cc2)c2c3cc(-c4ccccc4)cnc3cc[n+]12. The van der Waals surface area contributed by atoms with Crippen molar-refractivity contribution >= 4 is 16.6 Å². The Hall–Kier alpha value is -3.68. The van der Waals surface area contributed by atoms with Crippen LogP contribution in [0.5, 0.6) is 0 Å². The van der Waals surface area contributed by atoms with Gasteiger partial charge in [-0.05, 0) is 35.4 Å². The monoisotopic (exact) mass is 442 g/mol. The number of halogens is 1. The summed E-state index contributed by atoms with van der Waals surface area (Å²) < 4.78 is 17.2. The van der Waals surface area contributed by atoms with Gasteiger partial charge in [0.05, 0.1) is 23.7 Å². The van der Waals surface area contributed by atoms with E-state index in [0.717, 1.165) is 44.8 Å². The van der Waals surface area contributed by atoms with E-state index in [0.29, 0.717) is 6.54 Å². The molecule has 2 N–H and O–H groups in total. The van der Waals surface area contributed by atoms with Crippen LogP contribution in [0.4, 0.5) is 4.39 Å². The molecule has 0 fully saturated rings. The fraction of sp³-hybridized carbons (Fsp3) is 0.192. The summed E-state index contributed by atoms with van der Waals surface area (Å²) in [7, 11) is 0. The maximum atomic E-state index is 13.2. The molecule has 7 heteroatoms. The summed E-state index contributed by atoms with van der Waals surface area (Å²) in [5.74, 6) is 0.876. The van der Waals surface area contributed by atoms with E-state index in [2.05, 4.69) is 27.9 Å². The molecule has 0 aliphatic heterocycles. The Balaban J connectivity index is 1.55. The Bertz CT molecular complexity index is 1400. The van der Waals surface area contributed by atoms with Gasteiger partial charge < -0.3 is 10.4 Å². The number of aliphatic hydroxyl groups excluding tert-OH is 1. The van der Waals surface area contributed by atoms with Gasteiger partial charge in [0.15, 0.2) is 0 Å². The molecule has 0 radical (unpaired) electrons. The number of aliphatic hydroxyl groups is 1. The fourth-order valence-electron chi connectivity index (χ4n) is 4.01. The Kier molecular flexibility index (Phi) is 5.81. The molecule has 1 unspecified atom stereocenters. The molecule has 0 aliphatic carbocycles. The second-order valence-electron chi connectivity index (χ2n) is 8.07. The van der Waals surface area contributed by atoms with Gasteiger partial charge in [-0.3, -0.25) is 4.98 Å². The van der Waals surface area contributed by atoms with Gasteiger partial charge in [0, 0.05) is 36.9 Å². The molecule has 0 bridgehead atoms. The number of benzene rings is 2. The zero-order chi connectivity index (χ0) is 22.8. The van der Waals surface area contributed by atoms with Gasteiger partial charge >= 0.3 is 0 Å². The van der Waals surface area contributed by atoms with E-state index >= 15 is 0 Å². The maximum Gasteiger partial charge on any atom is 0.280 e. The van der Waals surface area contributed by atoms with E-state index in [1.54, 1.807) is 0 Å². The maximum absolute atomic E-state index is 13.2. The van der Waals surface area contributed by atoms with Crippen LogP contribution >= 0.6 is 0 Å². The summed E-state index contributed by atoms with van der Waals surface area (Å²) in [5, 5.41) is 17.6. The van der Waals surface area contributed by atoms with Gasteiger partial charge in [0.2, 0.25) is 0 Å². The molecular weight excluding hydrogens is 417 g/mol. The molecule has 0 aliphatic rings. The van der Waals surface area contributed by atoms with Crippen molar-refractivity contribution in [3.05, 3.63) is 90.5 Å². The van der Waals surface area contributed by atoms with Crippen molar-refractivity contribution in [2.45, 2.75) is 19.6 Å². The lowest BCUT2D eigenvalue weighted by molar-refractivity contribution is -0.519. The number of hydrogen-bond donors (Lipinski definition) is 2. The van der Waals surface area contributed by atoms with Crippen molar-refractivity contribution < 1.29 is 13.9 Å². The standard InChI is InChI=1S/C26H25FN5O/c1-18-30-32(23-9-7-19(8-10-23)14-28-16-22(27)17-33)26-24-13-21(20-5-3-2-4-6-20)15-29-25(24)11-12-31(18)26/h2-13,15,22,28,33H,14,16-17H2,1H3/q+1. The smallest absolute Gasteiger partial charge is 0.280 e. The number of nitrogens with zero attached hydrogens (tertiary/aromatic N) is 4. The van der Waals surface area contributed by atoms with Crippen LogP contribution in [0.1, 0.15) is 11.4 Å². The Morgan fingerprint density at radius 3 is 2.61 bits per heavy atom. The topological polar surface area (TPSA) is 67.1 Å². The van der Waals surface area contributed by atoms with Gasteiger partial charge in [-0.25, -0.2) is 8.79 Å². The van der Waals surface area contributed by atoms with Crippen molar-refractivity contribution in [2.75, 3.05) is 13.2 Å². The van der Waals surface area contributed by atoms with Crippen molar-refractivity contribution in [3.63, 3.8) is 0 Å². The number of fused-ring (bicyclic) bond motifs is 3. The van der Waals surface area contributed by atoms with Crippen molar-refractivity contribution in [1.29, 1.82) is 0 Å². The summed E-state index contributed by atoms with van der Waals surface area (Å²) >= 11 is 0. The molecule has 33 heavy (non-hydrogen) atoms. The molecule has 3 aromatic heterocycles. The molecule has 166 valence electrons. The van der Waals surface area contributed by atoms with Crippen molar-refractivity contribution in [3.8, 4) is 16.8 Å². The number of rotatable bonds is 7. The van der Waals surface area contributed by atoms with E-state index in [9.17, 15) is 4.39 Å². The second-order valence-corrected chi connectivity index (χ2v) is 8.07. The number of aromatic nitrogens is 4. The van der Waals surface area contributed by atoms with Gasteiger partial charge in [-0.15, -0.1) is 0 Å². The predicted octanol–water partition coefficient (Wildman–Crippen LogP) is 3.55. The van der Waals surface area contributed by atoms with Gasteiger partial charge in [0.1, 0.15) is 11.9 Å². The third-order valence-electron chi connectivity index (χ3n) is 5.74. The Labute approximate surface area is 191 Å². The first-order valence-electron chi connectivity index (χ1n) is 10.9. The average molecular weight is 443 g/mol. The van der Waals surface area contributed by atoms with E-state index < -0.39 is 12.8 Å². The normalized spacial score (nSPS) is 12.5. The lowest BCUT2D eigenvalue weighted by Crippen LogP contribution is -2.25. The lowest BCUT2D eigenvalue weighted by Gasteiger charge is -2.07. The van der Waals surface area contributed by atoms with E-state index in [-0.39, 0.29) is 6.54 Å². The van der Waals surface area contributed by atoms with Crippen LogP contribution in [-0.4, -0.2) is 39.2 Å². The van der Waals surface area contributed by atoms with E-state index in [4.69, 9.17) is 15.2 Å². The highest BCUT2D eigenvalue weighted by molar-refractivity contribution is 5.92. The molecule has 0 amide bonds.